The molecule has 0 saturated carbocycles. The van der Waals surface area contributed by atoms with Crippen molar-refractivity contribution in [3.05, 3.63) is 11.6 Å². The zero-order valence-corrected chi connectivity index (χ0v) is 5.38. The van der Waals surface area contributed by atoms with Crippen LogP contribution in [0.5, 0.6) is 0 Å². The second-order valence-corrected chi connectivity index (χ2v) is 2.46. The highest BCUT2D eigenvalue weighted by atomic mass is 16.3. The molecular formula is C7H12O2. The highest BCUT2D eigenvalue weighted by molar-refractivity contribution is 5.06. The average molecular weight is 128 g/mol. The fourth-order valence-corrected chi connectivity index (χ4v) is 1.10. The predicted molar refractivity (Wildman–Crippen MR) is 35.0 cm³/mol. The van der Waals surface area contributed by atoms with E-state index in [-0.39, 0.29) is 12.7 Å². The molecule has 1 aliphatic rings. The van der Waals surface area contributed by atoms with E-state index in [4.69, 9.17) is 10.2 Å². The lowest BCUT2D eigenvalue weighted by atomic mass is 9.98. The molecule has 2 nitrogen and oxygen atoms in total. The highest BCUT2D eigenvalue weighted by Gasteiger charge is 2.10. The molecule has 0 bridgehead atoms. The van der Waals surface area contributed by atoms with Crippen molar-refractivity contribution in [2.75, 3.05) is 6.61 Å². The molecule has 1 atom stereocenters. The number of rotatable bonds is 1. The molecule has 0 aromatic heterocycles. The van der Waals surface area contributed by atoms with Crippen LogP contribution in [0.15, 0.2) is 11.6 Å². The van der Waals surface area contributed by atoms with Crippen molar-refractivity contribution in [1.29, 1.82) is 0 Å². The molecule has 2 N–H and O–H groups in total. The minimum atomic E-state index is -0.211. The van der Waals surface area contributed by atoms with Crippen LogP contribution in [0.2, 0.25) is 0 Å². The maximum atomic E-state index is 9.06. The molecule has 52 valence electrons. The smallest absolute Gasteiger partial charge is 0.0642 e. The molecule has 1 aliphatic carbocycles. The first kappa shape index (κ1) is 6.78. The molecular weight excluding hydrogens is 116 g/mol. The van der Waals surface area contributed by atoms with Gasteiger partial charge < -0.3 is 10.2 Å². The molecule has 0 unspecified atom stereocenters. The molecule has 0 saturated heterocycles. The minimum Gasteiger partial charge on any atom is -0.393 e. The Balaban J connectivity index is 2.43. The molecule has 0 spiro atoms. The molecule has 0 radical (unpaired) electrons. The van der Waals surface area contributed by atoms with Gasteiger partial charge in [0.15, 0.2) is 0 Å². The summed E-state index contributed by atoms with van der Waals surface area (Å²) in [5.41, 5.74) is 0.980. The van der Waals surface area contributed by atoms with E-state index in [0.29, 0.717) is 6.42 Å². The maximum Gasteiger partial charge on any atom is 0.0642 e. The summed E-state index contributed by atoms with van der Waals surface area (Å²) in [5, 5.41) is 17.7. The zero-order valence-electron chi connectivity index (χ0n) is 5.38. The average Bonchev–Trinajstić information content (AvgIpc) is 1.88. The first-order valence-corrected chi connectivity index (χ1v) is 3.29. The van der Waals surface area contributed by atoms with Crippen molar-refractivity contribution in [3.8, 4) is 0 Å². The topological polar surface area (TPSA) is 40.5 Å². The van der Waals surface area contributed by atoms with E-state index in [1.807, 2.05) is 6.08 Å². The van der Waals surface area contributed by atoms with Gasteiger partial charge in [-0.15, -0.1) is 0 Å². The normalized spacial score (nSPS) is 27.8. The Morgan fingerprint density at radius 2 is 2.44 bits per heavy atom. The Bertz CT molecular complexity index is 118. The molecule has 2 heteroatoms. The summed E-state index contributed by atoms with van der Waals surface area (Å²) in [6.45, 7) is 0.108. The van der Waals surface area contributed by atoms with Gasteiger partial charge in [0.25, 0.3) is 0 Å². The van der Waals surface area contributed by atoms with Crippen molar-refractivity contribution in [2.24, 2.45) is 0 Å². The van der Waals surface area contributed by atoms with Crippen LogP contribution in [0.25, 0.3) is 0 Å². The van der Waals surface area contributed by atoms with E-state index >= 15 is 0 Å². The maximum absolute atomic E-state index is 9.06. The summed E-state index contributed by atoms with van der Waals surface area (Å²) in [5.74, 6) is 0. The van der Waals surface area contributed by atoms with Crippen LogP contribution in [-0.4, -0.2) is 22.9 Å². The van der Waals surface area contributed by atoms with E-state index in [0.717, 1.165) is 18.4 Å². The Morgan fingerprint density at radius 1 is 1.67 bits per heavy atom. The Morgan fingerprint density at radius 3 is 2.89 bits per heavy atom. The number of aliphatic hydroxyl groups is 2. The third-order valence-electron chi connectivity index (χ3n) is 1.63. The van der Waals surface area contributed by atoms with Crippen molar-refractivity contribution in [3.63, 3.8) is 0 Å². The monoisotopic (exact) mass is 128 g/mol. The number of hydrogen-bond donors (Lipinski definition) is 2. The van der Waals surface area contributed by atoms with E-state index in [1.165, 1.54) is 0 Å². The van der Waals surface area contributed by atoms with Crippen molar-refractivity contribution < 1.29 is 10.2 Å². The Hall–Kier alpha value is -0.340. The molecule has 0 fully saturated rings. The van der Waals surface area contributed by atoms with E-state index in [2.05, 4.69) is 0 Å². The molecule has 0 heterocycles. The van der Waals surface area contributed by atoms with Crippen LogP contribution in [0.4, 0.5) is 0 Å². The number of hydrogen-bond acceptors (Lipinski definition) is 2. The van der Waals surface area contributed by atoms with Gasteiger partial charge >= 0.3 is 0 Å². The first-order valence-electron chi connectivity index (χ1n) is 3.29. The quantitative estimate of drug-likeness (QED) is 0.503. The van der Waals surface area contributed by atoms with E-state index in [9.17, 15) is 0 Å². The highest BCUT2D eigenvalue weighted by Crippen LogP contribution is 2.16. The molecule has 1 rings (SSSR count). The standard InChI is InChI=1S/C7H12O2/c8-5-6-2-1-3-7(9)4-6/h2,7-9H,1,3-5H2/t7-/m1/s1. The second-order valence-electron chi connectivity index (χ2n) is 2.46. The van der Waals surface area contributed by atoms with Crippen LogP contribution in [0, 0.1) is 0 Å². The van der Waals surface area contributed by atoms with E-state index < -0.39 is 0 Å². The fraction of sp³-hybridized carbons (Fsp3) is 0.714. The summed E-state index contributed by atoms with van der Waals surface area (Å²) in [6, 6.07) is 0. The van der Waals surface area contributed by atoms with Gasteiger partial charge in [-0.05, 0) is 24.8 Å². The Labute approximate surface area is 54.8 Å². The lowest BCUT2D eigenvalue weighted by Crippen LogP contribution is -2.12. The van der Waals surface area contributed by atoms with Crippen LogP contribution in [0.3, 0.4) is 0 Å². The summed E-state index contributed by atoms with van der Waals surface area (Å²) in [7, 11) is 0. The third kappa shape index (κ3) is 1.80. The van der Waals surface area contributed by atoms with Crippen LogP contribution in [0.1, 0.15) is 19.3 Å². The number of aliphatic hydroxyl groups excluding tert-OH is 2. The fourth-order valence-electron chi connectivity index (χ4n) is 1.10. The van der Waals surface area contributed by atoms with Crippen molar-refractivity contribution >= 4 is 0 Å². The molecule has 9 heavy (non-hydrogen) atoms. The van der Waals surface area contributed by atoms with Gasteiger partial charge in [-0.2, -0.15) is 0 Å². The van der Waals surface area contributed by atoms with Gasteiger partial charge in [-0.3, -0.25) is 0 Å². The van der Waals surface area contributed by atoms with E-state index in [1.54, 1.807) is 0 Å². The largest absolute Gasteiger partial charge is 0.393 e. The van der Waals surface area contributed by atoms with Gasteiger partial charge in [0, 0.05) is 0 Å². The van der Waals surface area contributed by atoms with Crippen LogP contribution < -0.4 is 0 Å². The lowest BCUT2D eigenvalue weighted by Gasteiger charge is -2.15. The second kappa shape index (κ2) is 2.99. The van der Waals surface area contributed by atoms with Crippen LogP contribution in [-0.2, 0) is 0 Å². The third-order valence-corrected chi connectivity index (χ3v) is 1.63. The number of allylic oxidation sites excluding steroid dienone is 1. The Kier molecular flexibility index (Phi) is 2.25. The zero-order chi connectivity index (χ0) is 6.69. The predicted octanol–water partition coefficient (Wildman–Crippen LogP) is 0.450. The summed E-state index contributed by atoms with van der Waals surface area (Å²) in [4.78, 5) is 0. The molecule has 0 aliphatic heterocycles. The van der Waals surface area contributed by atoms with Crippen LogP contribution >= 0.6 is 0 Å². The van der Waals surface area contributed by atoms with Crippen molar-refractivity contribution in [2.45, 2.75) is 25.4 Å². The minimum absolute atomic E-state index is 0.108. The SMILES string of the molecule is OCC1=CCC[C@@H](O)C1. The summed E-state index contributed by atoms with van der Waals surface area (Å²) >= 11 is 0. The van der Waals surface area contributed by atoms with Gasteiger partial charge in [0.1, 0.15) is 0 Å². The summed E-state index contributed by atoms with van der Waals surface area (Å²) < 4.78 is 0. The van der Waals surface area contributed by atoms with Crippen molar-refractivity contribution in [1.82, 2.24) is 0 Å². The van der Waals surface area contributed by atoms with Gasteiger partial charge in [-0.25, -0.2) is 0 Å². The van der Waals surface area contributed by atoms with Gasteiger partial charge in [-0.1, -0.05) is 6.08 Å². The molecule has 0 aromatic carbocycles. The first-order chi connectivity index (χ1) is 4.33. The molecule has 0 aromatic rings. The van der Waals surface area contributed by atoms with Gasteiger partial charge in [0.05, 0.1) is 12.7 Å². The lowest BCUT2D eigenvalue weighted by molar-refractivity contribution is 0.154. The molecule has 0 amide bonds. The van der Waals surface area contributed by atoms with Gasteiger partial charge in [0.2, 0.25) is 0 Å². The summed E-state index contributed by atoms with van der Waals surface area (Å²) in [6.07, 6.45) is 4.22.